The number of rotatable bonds is 2. The van der Waals surface area contributed by atoms with Crippen molar-refractivity contribution in [3.8, 4) is 11.5 Å². The molecule has 0 saturated heterocycles. The van der Waals surface area contributed by atoms with E-state index in [1.54, 1.807) is 0 Å². The second kappa shape index (κ2) is 4.31. The van der Waals surface area contributed by atoms with Crippen LogP contribution in [0.2, 0.25) is 5.02 Å². The van der Waals surface area contributed by atoms with E-state index >= 15 is 0 Å². The van der Waals surface area contributed by atoms with Crippen LogP contribution in [0, 0.1) is 11.6 Å². The molecule has 0 aliphatic rings. The van der Waals surface area contributed by atoms with Crippen LogP contribution in [0.25, 0.3) is 0 Å². The van der Waals surface area contributed by atoms with Gasteiger partial charge >= 0.3 is 0 Å². The number of ether oxygens (including phenoxy) is 2. The first-order chi connectivity index (χ1) is 6.54. The molecule has 0 aliphatic carbocycles. The Balaban J connectivity index is 3.57. The van der Waals surface area contributed by atoms with E-state index in [1.165, 1.54) is 14.2 Å². The predicted molar refractivity (Wildman–Crippen MR) is 52.2 cm³/mol. The van der Waals surface area contributed by atoms with Gasteiger partial charge in [-0.05, 0) is 15.9 Å². The highest BCUT2D eigenvalue weighted by molar-refractivity contribution is 9.10. The lowest BCUT2D eigenvalue weighted by atomic mass is 10.3. The molecular formula is C8H6BrClF2O2. The monoisotopic (exact) mass is 286 g/mol. The molecule has 0 saturated carbocycles. The summed E-state index contributed by atoms with van der Waals surface area (Å²) in [5, 5.41) is -0.0664. The number of hydrogen-bond acceptors (Lipinski definition) is 2. The summed E-state index contributed by atoms with van der Waals surface area (Å²) in [5.74, 6) is -2.63. The summed E-state index contributed by atoms with van der Waals surface area (Å²) in [4.78, 5) is 0. The van der Waals surface area contributed by atoms with Crippen LogP contribution in [-0.4, -0.2) is 14.2 Å². The molecule has 0 aliphatic heterocycles. The Morgan fingerprint density at radius 2 is 1.57 bits per heavy atom. The van der Waals surface area contributed by atoms with Gasteiger partial charge in [-0.25, -0.2) is 4.39 Å². The van der Waals surface area contributed by atoms with E-state index in [0.717, 1.165) is 0 Å². The fourth-order valence-electron chi connectivity index (χ4n) is 0.956. The SMILES string of the molecule is COc1c(F)c(F)c(Br)c(Cl)c1OC. The van der Waals surface area contributed by atoms with Crippen LogP contribution in [0.1, 0.15) is 0 Å². The maximum absolute atomic E-state index is 13.2. The van der Waals surface area contributed by atoms with E-state index in [0.29, 0.717) is 0 Å². The molecule has 0 aromatic heterocycles. The minimum absolute atomic E-state index is 0.0417. The number of hydrogen-bond donors (Lipinski definition) is 0. The lowest BCUT2D eigenvalue weighted by Crippen LogP contribution is -1.99. The highest BCUT2D eigenvalue weighted by atomic mass is 79.9. The second-order valence-electron chi connectivity index (χ2n) is 2.32. The van der Waals surface area contributed by atoms with E-state index in [2.05, 4.69) is 20.7 Å². The molecule has 1 aromatic carbocycles. The zero-order valence-electron chi connectivity index (χ0n) is 7.33. The Labute approximate surface area is 92.9 Å². The third-order valence-corrected chi connectivity index (χ3v) is 2.92. The molecule has 2 nitrogen and oxygen atoms in total. The second-order valence-corrected chi connectivity index (χ2v) is 3.49. The molecule has 0 radical (unpaired) electrons. The molecule has 0 fully saturated rings. The number of methoxy groups -OCH3 is 2. The van der Waals surface area contributed by atoms with Crippen molar-refractivity contribution < 1.29 is 18.3 Å². The summed E-state index contributed by atoms with van der Waals surface area (Å²) >= 11 is 8.50. The van der Waals surface area contributed by atoms with Gasteiger partial charge in [0.25, 0.3) is 0 Å². The summed E-state index contributed by atoms with van der Waals surface area (Å²) in [7, 11) is 2.48. The van der Waals surface area contributed by atoms with Crippen molar-refractivity contribution in [2.45, 2.75) is 0 Å². The van der Waals surface area contributed by atoms with Crippen molar-refractivity contribution in [3.05, 3.63) is 21.1 Å². The standard InChI is InChI=1S/C8H6BrClF2O2/c1-13-7-4(10)3(9)5(11)6(12)8(7)14-2/h1-2H3. The Morgan fingerprint density at radius 3 is 2.00 bits per heavy atom. The van der Waals surface area contributed by atoms with Crippen molar-refractivity contribution in [1.29, 1.82) is 0 Å². The molecule has 6 heteroatoms. The summed E-state index contributed by atoms with van der Waals surface area (Å²) in [6, 6.07) is 0. The first kappa shape index (κ1) is 11.5. The number of halogens is 4. The van der Waals surface area contributed by atoms with E-state index in [1.807, 2.05) is 0 Å². The van der Waals surface area contributed by atoms with Crippen molar-refractivity contribution in [1.82, 2.24) is 0 Å². The lowest BCUT2D eigenvalue weighted by molar-refractivity contribution is 0.328. The summed E-state index contributed by atoms with van der Waals surface area (Å²) in [6.45, 7) is 0. The Bertz CT molecular complexity index is 336. The largest absolute Gasteiger partial charge is 0.491 e. The van der Waals surface area contributed by atoms with E-state index in [4.69, 9.17) is 16.3 Å². The number of benzene rings is 1. The van der Waals surface area contributed by atoms with Crippen LogP contribution in [0.4, 0.5) is 8.78 Å². The summed E-state index contributed by atoms with van der Waals surface area (Å²) in [5.41, 5.74) is 0. The fourth-order valence-corrected chi connectivity index (χ4v) is 1.56. The molecule has 0 unspecified atom stereocenters. The van der Waals surface area contributed by atoms with Gasteiger partial charge < -0.3 is 9.47 Å². The molecule has 0 amide bonds. The molecule has 0 spiro atoms. The van der Waals surface area contributed by atoms with Crippen LogP contribution in [-0.2, 0) is 0 Å². The molecule has 0 N–H and O–H groups in total. The van der Waals surface area contributed by atoms with Gasteiger partial charge in [-0.1, -0.05) is 11.6 Å². The Morgan fingerprint density at radius 1 is 1.07 bits per heavy atom. The first-order valence-corrected chi connectivity index (χ1v) is 4.65. The first-order valence-electron chi connectivity index (χ1n) is 3.48. The maximum Gasteiger partial charge on any atom is 0.205 e. The minimum atomic E-state index is -1.14. The van der Waals surface area contributed by atoms with E-state index < -0.39 is 11.6 Å². The van der Waals surface area contributed by atoms with E-state index in [-0.39, 0.29) is 21.0 Å². The predicted octanol–water partition coefficient (Wildman–Crippen LogP) is 3.40. The maximum atomic E-state index is 13.2. The summed E-state index contributed by atoms with van der Waals surface area (Å²) < 4.78 is 35.6. The van der Waals surface area contributed by atoms with Crippen LogP contribution in [0.3, 0.4) is 0 Å². The van der Waals surface area contributed by atoms with Crippen molar-refractivity contribution in [2.24, 2.45) is 0 Å². The quantitative estimate of drug-likeness (QED) is 0.613. The third kappa shape index (κ3) is 1.66. The highest BCUT2D eigenvalue weighted by Gasteiger charge is 2.23. The molecule has 1 aromatic rings. The minimum Gasteiger partial charge on any atom is -0.491 e. The molecule has 0 bridgehead atoms. The highest BCUT2D eigenvalue weighted by Crippen LogP contribution is 2.43. The van der Waals surface area contributed by atoms with Crippen LogP contribution < -0.4 is 9.47 Å². The Hall–Kier alpha value is -0.550. The van der Waals surface area contributed by atoms with Gasteiger partial charge in [0, 0.05) is 0 Å². The Kier molecular flexibility index (Phi) is 3.55. The van der Waals surface area contributed by atoms with Crippen LogP contribution in [0.5, 0.6) is 11.5 Å². The van der Waals surface area contributed by atoms with Gasteiger partial charge in [0.05, 0.1) is 18.7 Å². The molecule has 0 atom stereocenters. The van der Waals surface area contributed by atoms with Crippen molar-refractivity contribution >= 4 is 27.5 Å². The lowest BCUT2D eigenvalue weighted by Gasteiger charge is -2.12. The van der Waals surface area contributed by atoms with Crippen LogP contribution >= 0.6 is 27.5 Å². The van der Waals surface area contributed by atoms with Crippen LogP contribution in [0.15, 0.2) is 4.47 Å². The van der Waals surface area contributed by atoms with Crippen molar-refractivity contribution in [2.75, 3.05) is 14.2 Å². The normalized spacial score (nSPS) is 10.1. The van der Waals surface area contributed by atoms with Gasteiger partial charge in [-0.3, -0.25) is 0 Å². The average molecular weight is 287 g/mol. The molecule has 78 valence electrons. The molecule has 0 heterocycles. The van der Waals surface area contributed by atoms with Gasteiger partial charge in [0.2, 0.25) is 11.6 Å². The topological polar surface area (TPSA) is 18.5 Å². The molecular weight excluding hydrogens is 281 g/mol. The third-order valence-electron chi connectivity index (χ3n) is 1.59. The zero-order chi connectivity index (χ0) is 10.9. The van der Waals surface area contributed by atoms with Gasteiger partial charge in [-0.15, -0.1) is 0 Å². The molecule has 14 heavy (non-hydrogen) atoms. The molecule has 1 rings (SSSR count). The van der Waals surface area contributed by atoms with Gasteiger partial charge in [0.15, 0.2) is 11.6 Å². The van der Waals surface area contributed by atoms with Gasteiger partial charge in [0.1, 0.15) is 5.02 Å². The fraction of sp³-hybridized carbons (Fsp3) is 0.250. The average Bonchev–Trinajstić information content (AvgIpc) is 2.20. The van der Waals surface area contributed by atoms with Crippen molar-refractivity contribution in [3.63, 3.8) is 0 Å². The smallest absolute Gasteiger partial charge is 0.205 e. The van der Waals surface area contributed by atoms with Gasteiger partial charge in [-0.2, -0.15) is 4.39 Å². The summed E-state index contributed by atoms with van der Waals surface area (Å²) in [6.07, 6.45) is 0. The van der Waals surface area contributed by atoms with E-state index in [9.17, 15) is 8.78 Å². The zero-order valence-corrected chi connectivity index (χ0v) is 9.67.